The third-order valence-corrected chi connectivity index (χ3v) is 7.01. The molecule has 0 spiro atoms. The zero-order valence-electron chi connectivity index (χ0n) is 18.0. The van der Waals surface area contributed by atoms with Gasteiger partial charge < -0.3 is 5.32 Å². The van der Waals surface area contributed by atoms with Gasteiger partial charge in [-0.3, -0.25) is 9.59 Å². The summed E-state index contributed by atoms with van der Waals surface area (Å²) in [6.45, 7) is 4.27. The summed E-state index contributed by atoms with van der Waals surface area (Å²) in [5, 5.41) is 4.81. The normalized spacial score (nSPS) is 10.8. The van der Waals surface area contributed by atoms with Crippen molar-refractivity contribution in [2.45, 2.75) is 50.3 Å². The van der Waals surface area contributed by atoms with Crippen LogP contribution in [0, 0.1) is 0 Å². The molecule has 0 atom stereocenters. The van der Waals surface area contributed by atoms with E-state index < -0.39 is 0 Å². The van der Waals surface area contributed by atoms with Crippen molar-refractivity contribution in [2.24, 2.45) is 0 Å². The fraction of sp³-hybridized carbons (Fsp3) is 0.320. The molecule has 0 aliphatic carbocycles. The number of unbranched alkanes of at least 4 members (excludes halogenated alkanes) is 1. The summed E-state index contributed by atoms with van der Waals surface area (Å²) in [7, 11) is 0. The number of carbonyl (C=O) groups excluding carboxylic acids is 2. The molecular formula is C25H28N2O2S2. The first kappa shape index (κ1) is 23.2. The van der Waals surface area contributed by atoms with Gasteiger partial charge in [0.05, 0.1) is 17.9 Å². The number of amides is 1. The molecule has 1 aromatic heterocycles. The van der Waals surface area contributed by atoms with Crippen LogP contribution < -0.4 is 5.32 Å². The zero-order valence-corrected chi connectivity index (χ0v) is 19.7. The summed E-state index contributed by atoms with van der Waals surface area (Å²) in [6, 6.07) is 15.8. The van der Waals surface area contributed by atoms with Gasteiger partial charge in [0.2, 0.25) is 5.91 Å². The second kappa shape index (κ2) is 11.8. The fourth-order valence-corrected chi connectivity index (χ4v) is 4.82. The Hall–Kier alpha value is -2.44. The molecule has 0 radical (unpaired) electrons. The molecule has 0 saturated heterocycles. The molecule has 3 aromatic rings. The number of carbonyl (C=O) groups is 2. The van der Waals surface area contributed by atoms with Gasteiger partial charge in [-0.25, -0.2) is 4.98 Å². The monoisotopic (exact) mass is 452 g/mol. The Morgan fingerprint density at radius 3 is 2.39 bits per heavy atom. The molecule has 1 N–H and O–H groups in total. The number of hydrogen-bond donors (Lipinski definition) is 1. The van der Waals surface area contributed by atoms with E-state index >= 15 is 0 Å². The van der Waals surface area contributed by atoms with E-state index in [9.17, 15) is 9.59 Å². The first-order chi connectivity index (χ1) is 15.1. The minimum atomic E-state index is -0.0877. The average Bonchev–Trinajstić information content (AvgIpc) is 3.24. The van der Waals surface area contributed by atoms with Gasteiger partial charge in [-0.1, -0.05) is 68.4 Å². The van der Waals surface area contributed by atoms with Crippen LogP contribution in [-0.4, -0.2) is 22.4 Å². The quantitative estimate of drug-likeness (QED) is 0.278. The van der Waals surface area contributed by atoms with Crippen molar-refractivity contribution in [3.05, 3.63) is 76.3 Å². The Morgan fingerprint density at radius 2 is 1.71 bits per heavy atom. The number of aryl methyl sites for hydroxylation is 2. The maximum atomic E-state index is 12.4. The number of thioether (sulfide) groups is 1. The number of nitrogens with zero attached hydrogens (tertiary/aromatic N) is 1. The van der Waals surface area contributed by atoms with Crippen molar-refractivity contribution in [1.82, 2.24) is 4.98 Å². The number of aromatic nitrogens is 1. The third-order valence-electron chi connectivity index (χ3n) is 4.94. The van der Waals surface area contributed by atoms with Crippen molar-refractivity contribution in [2.75, 3.05) is 11.1 Å². The number of hydrogen-bond acceptors (Lipinski definition) is 5. The molecule has 0 saturated carbocycles. The Bertz CT molecular complexity index is 995. The first-order valence-electron chi connectivity index (χ1n) is 10.7. The van der Waals surface area contributed by atoms with E-state index in [1.807, 2.05) is 41.8 Å². The standard InChI is InChI=1S/C25H28N2O2S2/c1-3-5-6-19-9-13-21(14-10-19)26-24(29)15-22-16-30-25(27-22)31-17-23(28)20-11-7-18(4-2)8-12-20/h7-14,16H,3-6,15,17H2,1-2H3,(H,26,29). The topological polar surface area (TPSA) is 59.1 Å². The van der Waals surface area contributed by atoms with Crippen LogP contribution in [0.2, 0.25) is 0 Å². The van der Waals surface area contributed by atoms with Gasteiger partial charge >= 0.3 is 0 Å². The second-order valence-corrected chi connectivity index (χ2v) is 9.47. The highest BCUT2D eigenvalue weighted by molar-refractivity contribution is 8.01. The lowest BCUT2D eigenvalue weighted by Crippen LogP contribution is -2.14. The number of rotatable bonds is 11. The zero-order chi connectivity index (χ0) is 22.1. The second-order valence-electron chi connectivity index (χ2n) is 7.39. The average molecular weight is 453 g/mol. The SMILES string of the molecule is CCCCc1ccc(NC(=O)Cc2csc(SCC(=O)c3ccc(CC)cc3)n2)cc1. The Kier molecular flexibility index (Phi) is 8.85. The minimum Gasteiger partial charge on any atom is -0.326 e. The number of benzene rings is 2. The fourth-order valence-electron chi connectivity index (χ4n) is 3.08. The maximum Gasteiger partial charge on any atom is 0.230 e. The largest absolute Gasteiger partial charge is 0.326 e. The molecule has 0 fully saturated rings. The number of ketones is 1. The van der Waals surface area contributed by atoms with Gasteiger partial charge in [-0.15, -0.1) is 11.3 Å². The van der Waals surface area contributed by atoms with E-state index in [4.69, 9.17) is 0 Å². The lowest BCUT2D eigenvalue weighted by Gasteiger charge is -2.06. The summed E-state index contributed by atoms with van der Waals surface area (Å²) in [4.78, 5) is 29.2. The van der Waals surface area contributed by atoms with E-state index in [0.29, 0.717) is 5.75 Å². The summed E-state index contributed by atoms with van der Waals surface area (Å²) in [5.74, 6) is 0.342. The number of anilines is 1. The summed E-state index contributed by atoms with van der Waals surface area (Å²) in [5.41, 5.74) is 4.76. The molecule has 0 unspecified atom stereocenters. The van der Waals surface area contributed by atoms with Crippen LogP contribution in [0.5, 0.6) is 0 Å². The minimum absolute atomic E-state index is 0.0875. The van der Waals surface area contributed by atoms with Crippen LogP contribution in [0.4, 0.5) is 5.69 Å². The third kappa shape index (κ3) is 7.33. The maximum absolute atomic E-state index is 12.4. The molecular weight excluding hydrogens is 424 g/mol. The molecule has 0 bridgehead atoms. The van der Waals surface area contributed by atoms with Crippen molar-refractivity contribution in [3.63, 3.8) is 0 Å². The summed E-state index contributed by atoms with van der Waals surface area (Å²) >= 11 is 2.89. The smallest absolute Gasteiger partial charge is 0.230 e. The lowest BCUT2D eigenvalue weighted by atomic mass is 10.1. The molecule has 1 heterocycles. The van der Waals surface area contributed by atoms with Gasteiger partial charge in [-0.05, 0) is 42.5 Å². The molecule has 2 aromatic carbocycles. The van der Waals surface area contributed by atoms with Crippen LogP contribution >= 0.6 is 23.1 Å². The Morgan fingerprint density at radius 1 is 1.00 bits per heavy atom. The predicted octanol–water partition coefficient (Wildman–Crippen LogP) is 6.20. The van der Waals surface area contributed by atoms with Crippen LogP contribution in [0.15, 0.2) is 58.3 Å². The van der Waals surface area contributed by atoms with Crippen molar-refractivity contribution < 1.29 is 9.59 Å². The summed E-state index contributed by atoms with van der Waals surface area (Å²) in [6.07, 6.45) is 4.60. The molecule has 1 amide bonds. The molecule has 4 nitrogen and oxygen atoms in total. The van der Waals surface area contributed by atoms with E-state index in [1.165, 1.54) is 47.1 Å². The van der Waals surface area contributed by atoms with Crippen LogP contribution in [-0.2, 0) is 24.1 Å². The van der Waals surface area contributed by atoms with Crippen LogP contribution in [0.1, 0.15) is 53.9 Å². The van der Waals surface area contributed by atoms with Gasteiger partial charge in [0.25, 0.3) is 0 Å². The van der Waals surface area contributed by atoms with Gasteiger partial charge in [0.15, 0.2) is 10.1 Å². The van der Waals surface area contributed by atoms with Crippen molar-refractivity contribution in [3.8, 4) is 0 Å². The molecule has 31 heavy (non-hydrogen) atoms. The number of nitrogens with one attached hydrogen (secondary N) is 1. The van der Waals surface area contributed by atoms with E-state index in [1.54, 1.807) is 0 Å². The summed E-state index contributed by atoms with van der Waals surface area (Å²) < 4.78 is 0.807. The van der Waals surface area contributed by atoms with Crippen LogP contribution in [0.3, 0.4) is 0 Å². The molecule has 0 aliphatic heterocycles. The van der Waals surface area contributed by atoms with Crippen LogP contribution in [0.25, 0.3) is 0 Å². The van der Waals surface area contributed by atoms with E-state index in [2.05, 4.69) is 36.3 Å². The molecule has 6 heteroatoms. The van der Waals surface area contributed by atoms with Crippen molar-refractivity contribution in [1.29, 1.82) is 0 Å². The highest BCUT2D eigenvalue weighted by Crippen LogP contribution is 2.24. The van der Waals surface area contributed by atoms with E-state index in [0.717, 1.165) is 34.1 Å². The first-order valence-corrected chi connectivity index (χ1v) is 12.5. The highest BCUT2D eigenvalue weighted by atomic mass is 32.2. The molecule has 162 valence electrons. The Balaban J connectivity index is 1.46. The van der Waals surface area contributed by atoms with Gasteiger partial charge in [-0.2, -0.15) is 0 Å². The predicted molar refractivity (Wildman–Crippen MR) is 130 cm³/mol. The molecule has 0 aliphatic rings. The molecule has 3 rings (SSSR count). The van der Waals surface area contributed by atoms with Crippen molar-refractivity contribution >= 4 is 40.5 Å². The number of Topliss-reactive ketones (excluding diaryl/α,β-unsaturated/α-hetero) is 1. The highest BCUT2D eigenvalue weighted by Gasteiger charge is 2.11. The van der Waals surface area contributed by atoms with Gasteiger partial charge in [0, 0.05) is 16.6 Å². The lowest BCUT2D eigenvalue weighted by molar-refractivity contribution is -0.115. The van der Waals surface area contributed by atoms with Gasteiger partial charge in [0.1, 0.15) is 0 Å². The van der Waals surface area contributed by atoms with E-state index in [-0.39, 0.29) is 18.1 Å². The number of thiazole rings is 1. The Labute approximate surface area is 192 Å².